The zero-order chi connectivity index (χ0) is 11.2. The van der Waals surface area contributed by atoms with Gasteiger partial charge in [-0.2, -0.15) is 0 Å². The molecule has 0 unspecified atom stereocenters. The molecule has 16 heavy (non-hydrogen) atoms. The predicted octanol–water partition coefficient (Wildman–Crippen LogP) is 1.71. The fourth-order valence-corrected chi connectivity index (χ4v) is 1.33. The van der Waals surface area contributed by atoms with Gasteiger partial charge in [0.25, 0.3) is 0 Å². The number of nitrogens with one attached hydrogen (secondary N) is 1. The Kier molecular flexibility index (Phi) is 4.13. The van der Waals surface area contributed by atoms with Crippen molar-refractivity contribution in [3.8, 4) is 5.75 Å². The molecule has 0 atom stereocenters. The summed E-state index contributed by atoms with van der Waals surface area (Å²) in [4.78, 5) is 4.31. The van der Waals surface area contributed by atoms with Gasteiger partial charge >= 0.3 is 0 Å². The molecular formula is C12H18N2O2. The molecule has 1 fully saturated rings. The third-order valence-electron chi connectivity index (χ3n) is 2.46. The van der Waals surface area contributed by atoms with Crippen molar-refractivity contribution in [3.05, 3.63) is 24.0 Å². The molecule has 0 aliphatic heterocycles. The van der Waals surface area contributed by atoms with E-state index in [9.17, 15) is 0 Å². The van der Waals surface area contributed by atoms with Crippen molar-refractivity contribution in [2.24, 2.45) is 0 Å². The number of ether oxygens (including phenoxy) is 2. The maximum Gasteiger partial charge on any atom is 0.189 e. The summed E-state index contributed by atoms with van der Waals surface area (Å²) in [5.74, 6) is 0.753. The highest BCUT2D eigenvalue weighted by molar-refractivity contribution is 5.19. The topological polar surface area (TPSA) is 43.4 Å². The first-order chi connectivity index (χ1) is 7.88. The van der Waals surface area contributed by atoms with Gasteiger partial charge in [0.1, 0.15) is 5.75 Å². The first-order valence-corrected chi connectivity index (χ1v) is 5.77. The van der Waals surface area contributed by atoms with Crippen LogP contribution in [0.15, 0.2) is 18.3 Å². The van der Waals surface area contributed by atoms with Crippen LogP contribution in [0.2, 0.25) is 0 Å². The molecular weight excluding hydrogens is 204 g/mol. The van der Waals surface area contributed by atoms with Gasteiger partial charge in [-0.05, 0) is 31.9 Å². The van der Waals surface area contributed by atoms with Gasteiger partial charge < -0.3 is 14.8 Å². The third-order valence-corrected chi connectivity index (χ3v) is 2.46. The minimum absolute atomic E-state index is 0.290. The summed E-state index contributed by atoms with van der Waals surface area (Å²) in [6, 6.07) is 4.63. The highest BCUT2D eigenvalue weighted by Crippen LogP contribution is 2.19. The first kappa shape index (κ1) is 11.4. The van der Waals surface area contributed by atoms with Crippen molar-refractivity contribution in [1.29, 1.82) is 0 Å². The average Bonchev–Trinajstić information content (AvgIpc) is 3.12. The maximum absolute atomic E-state index is 5.33. The Balaban J connectivity index is 1.74. The average molecular weight is 222 g/mol. The highest BCUT2D eigenvalue weighted by atomic mass is 16.7. The van der Waals surface area contributed by atoms with Crippen LogP contribution in [-0.4, -0.2) is 24.4 Å². The standard InChI is InChI=1S/C12H18N2O2/c1-2-15-9-16-12-6-5-11(14-8-12)7-13-10-3-4-10/h5-6,8,10,13H,2-4,7,9H2,1H3. The highest BCUT2D eigenvalue weighted by Gasteiger charge is 2.19. The fraction of sp³-hybridized carbons (Fsp3) is 0.583. The largest absolute Gasteiger partial charge is 0.466 e. The van der Waals surface area contributed by atoms with E-state index >= 15 is 0 Å². The molecule has 1 aromatic heterocycles. The van der Waals surface area contributed by atoms with Crippen LogP contribution in [0.5, 0.6) is 5.75 Å². The van der Waals surface area contributed by atoms with Crippen molar-refractivity contribution in [2.45, 2.75) is 32.4 Å². The minimum Gasteiger partial charge on any atom is -0.466 e. The Hall–Kier alpha value is -1.13. The molecule has 2 rings (SSSR count). The van der Waals surface area contributed by atoms with Crippen molar-refractivity contribution in [2.75, 3.05) is 13.4 Å². The second-order valence-corrected chi connectivity index (χ2v) is 3.90. The van der Waals surface area contributed by atoms with Crippen LogP contribution >= 0.6 is 0 Å². The fourth-order valence-electron chi connectivity index (χ4n) is 1.33. The van der Waals surface area contributed by atoms with Crippen molar-refractivity contribution in [1.82, 2.24) is 10.3 Å². The van der Waals surface area contributed by atoms with Gasteiger partial charge in [0.2, 0.25) is 0 Å². The molecule has 0 spiro atoms. The Bertz CT molecular complexity index is 309. The molecule has 1 heterocycles. The third kappa shape index (κ3) is 3.79. The van der Waals surface area contributed by atoms with E-state index in [-0.39, 0.29) is 6.79 Å². The van der Waals surface area contributed by atoms with Crippen LogP contribution in [0.3, 0.4) is 0 Å². The minimum atomic E-state index is 0.290. The summed E-state index contributed by atoms with van der Waals surface area (Å²) in [5, 5.41) is 3.42. The zero-order valence-electron chi connectivity index (χ0n) is 9.61. The van der Waals surface area contributed by atoms with Crippen LogP contribution in [0, 0.1) is 0 Å². The van der Waals surface area contributed by atoms with E-state index in [2.05, 4.69) is 10.3 Å². The molecule has 1 aliphatic carbocycles. The van der Waals surface area contributed by atoms with E-state index in [0.717, 1.165) is 24.0 Å². The van der Waals surface area contributed by atoms with Gasteiger partial charge in [0, 0.05) is 19.2 Å². The van der Waals surface area contributed by atoms with E-state index in [1.807, 2.05) is 19.1 Å². The van der Waals surface area contributed by atoms with Gasteiger partial charge in [-0.3, -0.25) is 4.98 Å². The number of rotatable bonds is 7. The lowest BCUT2D eigenvalue weighted by molar-refractivity contribution is 0.0222. The predicted molar refractivity (Wildman–Crippen MR) is 61.2 cm³/mol. The van der Waals surface area contributed by atoms with E-state index in [4.69, 9.17) is 9.47 Å². The normalized spacial score (nSPS) is 15.1. The molecule has 1 aliphatic rings. The van der Waals surface area contributed by atoms with Gasteiger partial charge in [-0.25, -0.2) is 0 Å². The van der Waals surface area contributed by atoms with Crippen LogP contribution in [0.1, 0.15) is 25.5 Å². The van der Waals surface area contributed by atoms with Crippen LogP contribution < -0.4 is 10.1 Å². The van der Waals surface area contributed by atoms with Crippen LogP contribution in [0.25, 0.3) is 0 Å². The molecule has 88 valence electrons. The van der Waals surface area contributed by atoms with Crippen molar-refractivity contribution < 1.29 is 9.47 Å². The summed E-state index contributed by atoms with van der Waals surface area (Å²) in [7, 11) is 0. The lowest BCUT2D eigenvalue weighted by atomic mass is 10.3. The quantitative estimate of drug-likeness (QED) is 0.563. The molecule has 0 amide bonds. The van der Waals surface area contributed by atoms with Gasteiger partial charge in [0.15, 0.2) is 6.79 Å². The van der Waals surface area contributed by atoms with Crippen LogP contribution in [0.4, 0.5) is 0 Å². The summed E-state index contributed by atoms with van der Waals surface area (Å²) < 4.78 is 10.4. The van der Waals surface area contributed by atoms with E-state index in [1.165, 1.54) is 12.8 Å². The van der Waals surface area contributed by atoms with E-state index < -0.39 is 0 Å². The Morgan fingerprint density at radius 3 is 2.94 bits per heavy atom. The Morgan fingerprint density at radius 1 is 1.44 bits per heavy atom. The number of pyridine rings is 1. The Morgan fingerprint density at radius 2 is 2.31 bits per heavy atom. The number of nitrogens with zero attached hydrogens (tertiary/aromatic N) is 1. The first-order valence-electron chi connectivity index (χ1n) is 5.77. The van der Waals surface area contributed by atoms with Crippen LogP contribution in [-0.2, 0) is 11.3 Å². The number of hydrogen-bond donors (Lipinski definition) is 1. The summed E-state index contributed by atoms with van der Waals surface area (Å²) >= 11 is 0. The molecule has 4 nitrogen and oxygen atoms in total. The van der Waals surface area contributed by atoms with E-state index in [0.29, 0.717) is 6.61 Å². The smallest absolute Gasteiger partial charge is 0.189 e. The number of hydrogen-bond acceptors (Lipinski definition) is 4. The lowest BCUT2D eigenvalue weighted by Crippen LogP contribution is -2.16. The number of aromatic nitrogens is 1. The van der Waals surface area contributed by atoms with E-state index in [1.54, 1.807) is 6.20 Å². The lowest BCUT2D eigenvalue weighted by Gasteiger charge is -2.06. The molecule has 0 aromatic carbocycles. The van der Waals surface area contributed by atoms with Crippen molar-refractivity contribution in [3.63, 3.8) is 0 Å². The molecule has 0 bridgehead atoms. The Labute approximate surface area is 96.0 Å². The molecule has 1 N–H and O–H groups in total. The summed E-state index contributed by atoms with van der Waals surface area (Å²) in [6.07, 6.45) is 4.34. The summed E-state index contributed by atoms with van der Waals surface area (Å²) in [6.45, 7) is 3.74. The SMILES string of the molecule is CCOCOc1ccc(CNC2CC2)nc1. The molecule has 1 aromatic rings. The second kappa shape index (κ2) is 5.82. The van der Waals surface area contributed by atoms with Gasteiger partial charge in [-0.1, -0.05) is 0 Å². The monoisotopic (exact) mass is 222 g/mol. The molecule has 4 heteroatoms. The summed E-state index contributed by atoms with van der Waals surface area (Å²) in [5.41, 5.74) is 1.05. The molecule has 0 radical (unpaired) electrons. The van der Waals surface area contributed by atoms with Gasteiger partial charge in [0.05, 0.1) is 11.9 Å². The zero-order valence-corrected chi connectivity index (χ0v) is 9.61. The second-order valence-electron chi connectivity index (χ2n) is 3.90. The van der Waals surface area contributed by atoms with Crippen molar-refractivity contribution >= 4 is 0 Å². The molecule has 1 saturated carbocycles. The molecule has 0 saturated heterocycles. The van der Waals surface area contributed by atoms with Gasteiger partial charge in [-0.15, -0.1) is 0 Å². The maximum atomic E-state index is 5.33.